The van der Waals surface area contributed by atoms with Crippen molar-refractivity contribution in [1.29, 1.82) is 0 Å². The summed E-state index contributed by atoms with van der Waals surface area (Å²) in [6.45, 7) is 0. The Morgan fingerprint density at radius 1 is 1.47 bits per heavy atom. The van der Waals surface area contributed by atoms with Crippen LogP contribution in [0.1, 0.15) is 10.5 Å². The summed E-state index contributed by atoms with van der Waals surface area (Å²) in [5.74, 6) is 0.898. The fourth-order valence-corrected chi connectivity index (χ4v) is 1.40. The van der Waals surface area contributed by atoms with Gasteiger partial charge >= 0.3 is 5.97 Å². The van der Waals surface area contributed by atoms with Crippen molar-refractivity contribution in [2.45, 2.75) is 0 Å². The molecule has 0 unspecified atom stereocenters. The van der Waals surface area contributed by atoms with Crippen molar-refractivity contribution >= 4 is 11.8 Å². The number of nitrogens with one attached hydrogen (secondary N) is 2. The van der Waals surface area contributed by atoms with Gasteiger partial charge in [0, 0.05) is 18.8 Å². The van der Waals surface area contributed by atoms with Gasteiger partial charge in [-0.15, -0.1) is 0 Å². The normalized spacial score (nSPS) is 10.0. The van der Waals surface area contributed by atoms with E-state index in [0.29, 0.717) is 11.5 Å². The third kappa shape index (κ3) is 2.25. The highest BCUT2D eigenvalue weighted by atomic mass is 16.5. The molecular formula is C11H12N4O2. The van der Waals surface area contributed by atoms with E-state index in [0.717, 1.165) is 11.4 Å². The number of aromatic nitrogens is 3. The molecule has 2 N–H and O–H groups in total. The minimum Gasteiger partial charge on any atom is -0.464 e. The second kappa shape index (κ2) is 4.65. The molecule has 2 rings (SSSR count). The Labute approximate surface area is 98.1 Å². The zero-order chi connectivity index (χ0) is 12.3. The molecular weight excluding hydrogens is 220 g/mol. The van der Waals surface area contributed by atoms with E-state index in [1.807, 2.05) is 6.07 Å². The Bertz CT molecular complexity index is 536. The Kier molecular flexibility index (Phi) is 3.04. The van der Waals surface area contributed by atoms with Crippen molar-refractivity contribution in [3.05, 3.63) is 30.2 Å². The fourth-order valence-electron chi connectivity index (χ4n) is 1.40. The van der Waals surface area contributed by atoms with Crippen LogP contribution in [0.5, 0.6) is 0 Å². The number of rotatable bonds is 3. The van der Waals surface area contributed by atoms with Crippen molar-refractivity contribution in [3.8, 4) is 11.4 Å². The van der Waals surface area contributed by atoms with Crippen molar-refractivity contribution in [1.82, 2.24) is 15.0 Å². The van der Waals surface area contributed by atoms with Gasteiger partial charge in [-0.3, -0.25) is 0 Å². The topological polar surface area (TPSA) is 79.9 Å². The molecule has 0 aliphatic carbocycles. The van der Waals surface area contributed by atoms with Crippen molar-refractivity contribution in [3.63, 3.8) is 0 Å². The van der Waals surface area contributed by atoms with Crippen LogP contribution in [0.4, 0.5) is 5.82 Å². The van der Waals surface area contributed by atoms with Gasteiger partial charge in [0.1, 0.15) is 17.3 Å². The number of hydrogen-bond acceptors (Lipinski definition) is 5. The molecule has 0 fully saturated rings. The van der Waals surface area contributed by atoms with Crippen molar-refractivity contribution < 1.29 is 9.53 Å². The van der Waals surface area contributed by atoms with E-state index < -0.39 is 5.97 Å². The number of aromatic amines is 1. The van der Waals surface area contributed by atoms with E-state index >= 15 is 0 Å². The summed E-state index contributed by atoms with van der Waals surface area (Å²) in [5, 5.41) is 2.93. The lowest BCUT2D eigenvalue weighted by molar-refractivity contribution is 0.0595. The number of methoxy groups -OCH3 is 1. The first-order valence-electron chi connectivity index (χ1n) is 5.02. The molecule has 0 aliphatic rings. The fraction of sp³-hybridized carbons (Fsp3) is 0.182. The number of carbonyl (C=O) groups excluding carboxylic acids is 1. The standard InChI is InChI=1S/C11H12N4O2/c1-12-9-5-7(3-4-13-9)10-14-6-8(15-10)11(16)17-2/h3-6H,1-2H3,(H,12,13)(H,14,15). The number of pyridine rings is 1. The van der Waals surface area contributed by atoms with E-state index in [-0.39, 0.29) is 0 Å². The molecule has 0 aliphatic heterocycles. The molecule has 2 aromatic rings. The monoisotopic (exact) mass is 232 g/mol. The average molecular weight is 232 g/mol. The summed E-state index contributed by atoms with van der Waals surface area (Å²) in [6.07, 6.45) is 3.11. The minimum absolute atomic E-state index is 0.324. The highest BCUT2D eigenvalue weighted by Gasteiger charge is 2.10. The number of esters is 1. The van der Waals surface area contributed by atoms with Gasteiger partial charge in [0.05, 0.1) is 13.3 Å². The summed E-state index contributed by atoms with van der Waals surface area (Å²) in [4.78, 5) is 22.4. The molecule has 2 aromatic heterocycles. The smallest absolute Gasteiger partial charge is 0.356 e. The number of ether oxygens (including phenoxy) is 1. The lowest BCUT2D eigenvalue weighted by atomic mass is 10.2. The molecule has 0 spiro atoms. The van der Waals surface area contributed by atoms with E-state index in [2.05, 4.69) is 25.0 Å². The first-order valence-corrected chi connectivity index (χ1v) is 5.02. The quantitative estimate of drug-likeness (QED) is 0.780. The Balaban J connectivity index is 2.33. The largest absolute Gasteiger partial charge is 0.464 e. The third-order valence-electron chi connectivity index (χ3n) is 2.27. The van der Waals surface area contributed by atoms with Crippen LogP contribution in [-0.4, -0.2) is 35.1 Å². The number of H-pyrrole nitrogens is 1. The predicted molar refractivity (Wildman–Crippen MR) is 62.7 cm³/mol. The van der Waals surface area contributed by atoms with Crippen LogP contribution in [0.15, 0.2) is 24.5 Å². The highest BCUT2D eigenvalue weighted by molar-refractivity contribution is 5.87. The van der Waals surface area contributed by atoms with Crippen LogP contribution in [-0.2, 0) is 4.74 Å². The van der Waals surface area contributed by atoms with Crippen LogP contribution in [0, 0.1) is 0 Å². The van der Waals surface area contributed by atoms with Crippen molar-refractivity contribution in [2.24, 2.45) is 0 Å². The molecule has 0 aromatic carbocycles. The average Bonchev–Trinajstić information content (AvgIpc) is 2.87. The maximum atomic E-state index is 11.3. The lowest BCUT2D eigenvalue weighted by Crippen LogP contribution is -2.01. The van der Waals surface area contributed by atoms with Crippen LogP contribution >= 0.6 is 0 Å². The Hall–Kier alpha value is -2.37. The van der Waals surface area contributed by atoms with Gasteiger partial charge < -0.3 is 15.0 Å². The molecule has 0 saturated carbocycles. The van der Waals surface area contributed by atoms with Crippen LogP contribution in [0.25, 0.3) is 11.4 Å². The van der Waals surface area contributed by atoms with Gasteiger partial charge in [-0.1, -0.05) is 0 Å². The van der Waals surface area contributed by atoms with E-state index in [1.165, 1.54) is 13.3 Å². The summed E-state index contributed by atoms with van der Waals surface area (Å²) in [7, 11) is 3.11. The zero-order valence-corrected chi connectivity index (χ0v) is 9.52. The van der Waals surface area contributed by atoms with E-state index in [9.17, 15) is 4.79 Å². The molecule has 0 saturated heterocycles. The second-order valence-corrected chi connectivity index (χ2v) is 3.32. The molecule has 6 heteroatoms. The number of imidazole rings is 1. The molecule has 2 heterocycles. The highest BCUT2D eigenvalue weighted by Crippen LogP contribution is 2.17. The second-order valence-electron chi connectivity index (χ2n) is 3.32. The van der Waals surface area contributed by atoms with Crippen LogP contribution in [0.2, 0.25) is 0 Å². The van der Waals surface area contributed by atoms with Crippen molar-refractivity contribution in [2.75, 3.05) is 19.5 Å². The van der Waals surface area contributed by atoms with E-state index in [1.54, 1.807) is 19.3 Å². The number of nitrogens with zero attached hydrogens (tertiary/aromatic N) is 2. The van der Waals surface area contributed by atoms with Crippen LogP contribution < -0.4 is 5.32 Å². The SMILES string of the molecule is CNc1cc(-c2ncc(C(=O)OC)[nH]2)ccn1. The number of anilines is 1. The summed E-state index contributed by atoms with van der Waals surface area (Å²) >= 11 is 0. The van der Waals surface area contributed by atoms with Crippen LogP contribution in [0.3, 0.4) is 0 Å². The lowest BCUT2D eigenvalue weighted by Gasteiger charge is -2.00. The molecule has 88 valence electrons. The summed E-state index contributed by atoms with van der Waals surface area (Å²) in [5.41, 5.74) is 1.17. The molecule has 0 bridgehead atoms. The zero-order valence-electron chi connectivity index (χ0n) is 9.52. The predicted octanol–water partition coefficient (Wildman–Crippen LogP) is 1.30. The molecule has 0 amide bonds. The first kappa shape index (κ1) is 11.1. The van der Waals surface area contributed by atoms with E-state index in [4.69, 9.17) is 0 Å². The summed E-state index contributed by atoms with van der Waals surface area (Å²) in [6, 6.07) is 3.64. The molecule has 0 radical (unpaired) electrons. The molecule has 0 atom stereocenters. The Morgan fingerprint density at radius 2 is 2.29 bits per heavy atom. The number of carbonyl (C=O) groups is 1. The third-order valence-corrected chi connectivity index (χ3v) is 2.27. The molecule has 6 nitrogen and oxygen atoms in total. The van der Waals surface area contributed by atoms with Gasteiger partial charge in [0.2, 0.25) is 0 Å². The van der Waals surface area contributed by atoms with Gasteiger partial charge in [-0.05, 0) is 12.1 Å². The first-order chi connectivity index (χ1) is 8.24. The maximum Gasteiger partial charge on any atom is 0.356 e. The molecule has 17 heavy (non-hydrogen) atoms. The van der Waals surface area contributed by atoms with Gasteiger partial charge in [0.15, 0.2) is 0 Å². The minimum atomic E-state index is -0.438. The van der Waals surface area contributed by atoms with Gasteiger partial charge in [-0.25, -0.2) is 14.8 Å². The number of hydrogen-bond donors (Lipinski definition) is 2. The summed E-state index contributed by atoms with van der Waals surface area (Å²) < 4.78 is 4.60. The maximum absolute atomic E-state index is 11.3. The Morgan fingerprint density at radius 3 is 3.00 bits per heavy atom. The van der Waals surface area contributed by atoms with Gasteiger partial charge in [0.25, 0.3) is 0 Å². The van der Waals surface area contributed by atoms with Gasteiger partial charge in [-0.2, -0.15) is 0 Å².